The zero-order chi connectivity index (χ0) is 11.6. The zero-order valence-corrected chi connectivity index (χ0v) is 9.97. The lowest BCUT2D eigenvalue weighted by Gasteiger charge is -1.97. The predicted octanol–water partition coefficient (Wildman–Crippen LogP) is 2.50. The van der Waals surface area contributed by atoms with E-state index in [4.69, 9.17) is 10.4 Å². The number of nitrogens with zero attached hydrogens (tertiary/aromatic N) is 1. The number of hydrogen-bond donors (Lipinski definition) is 1. The summed E-state index contributed by atoms with van der Waals surface area (Å²) in [5, 5.41) is 17.8. The fourth-order valence-electron chi connectivity index (χ4n) is 1.90. The molecule has 0 aromatic rings. The van der Waals surface area contributed by atoms with E-state index in [1.807, 2.05) is 26.8 Å². The third-order valence-corrected chi connectivity index (χ3v) is 3.74. The summed E-state index contributed by atoms with van der Waals surface area (Å²) in [4.78, 5) is 11.5. The van der Waals surface area contributed by atoms with Crippen LogP contribution in [0.15, 0.2) is 11.0 Å². The fourth-order valence-corrected chi connectivity index (χ4v) is 2.52. The summed E-state index contributed by atoms with van der Waals surface area (Å²) in [6.45, 7) is 5.83. The highest BCUT2D eigenvalue weighted by Gasteiger charge is 2.61. The molecule has 15 heavy (non-hydrogen) atoms. The van der Waals surface area contributed by atoms with Crippen LogP contribution in [0.5, 0.6) is 0 Å². The Labute approximate surface area is 94.2 Å². The topological polar surface area (TPSA) is 61.1 Å². The number of allylic oxidation sites excluding steroid dienone is 2. The highest BCUT2D eigenvalue weighted by Crippen LogP contribution is 2.59. The van der Waals surface area contributed by atoms with E-state index < -0.39 is 5.97 Å². The molecule has 1 aliphatic rings. The van der Waals surface area contributed by atoms with Gasteiger partial charge >= 0.3 is 5.97 Å². The molecule has 0 bridgehead atoms. The van der Waals surface area contributed by atoms with E-state index in [9.17, 15) is 4.79 Å². The highest BCUT2D eigenvalue weighted by atomic mass is 32.2. The van der Waals surface area contributed by atoms with Crippen LogP contribution in [0.2, 0.25) is 0 Å². The predicted molar refractivity (Wildman–Crippen MR) is 60.2 cm³/mol. The van der Waals surface area contributed by atoms with Crippen molar-refractivity contribution < 1.29 is 9.90 Å². The molecule has 82 valence electrons. The standard InChI is InChI=1S/C11H15NO2S/c1-4-15-7(6-12)5-8-9(10(13)14)11(8,2)3/h5,8-9H,4H2,1-3H3,(H,13,14). The van der Waals surface area contributed by atoms with Crippen molar-refractivity contribution in [1.29, 1.82) is 5.26 Å². The van der Waals surface area contributed by atoms with Crippen LogP contribution in [-0.2, 0) is 4.79 Å². The Kier molecular flexibility index (Phi) is 3.46. The van der Waals surface area contributed by atoms with Crippen LogP contribution in [0, 0.1) is 28.6 Å². The lowest BCUT2D eigenvalue weighted by molar-refractivity contribution is -0.139. The number of rotatable bonds is 4. The number of nitriles is 1. The molecule has 2 atom stereocenters. The molecule has 0 radical (unpaired) electrons. The molecule has 1 saturated carbocycles. The average molecular weight is 225 g/mol. The second-order valence-corrected chi connectivity index (χ2v) is 5.54. The van der Waals surface area contributed by atoms with E-state index >= 15 is 0 Å². The Morgan fingerprint density at radius 3 is 2.60 bits per heavy atom. The number of carbonyl (C=O) groups is 1. The third-order valence-electron chi connectivity index (χ3n) is 2.92. The van der Waals surface area contributed by atoms with E-state index in [0.717, 1.165) is 5.75 Å². The molecule has 1 aliphatic carbocycles. The van der Waals surface area contributed by atoms with Gasteiger partial charge in [-0.1, -0.05) is 26.8 Å². The second kappa shape index (κ2) is 4.28. The average Bonchev–Trinajstić information content (AvgIpc) is 2.67. The molecule has 4 heteroatoms. The molecule has 0 aromatic carbocycles. The molecule has 1 rings (SSSR count). The van der Waals surface area contributed by atoms with Crippen LogP contribution < -0.4 is 0 Å². The van der Waals surface area contributed by atoms with Crippen LogP contribution in [0.3, 0.4) is 0 Å². The quantitative estimate of drug-likeness (QED) is 0.747. The number of carboxylic acids is 1. The molecule has 1 N–H and O–H groups in total. The van der Waals surface area contributed by atoms with Crippen LogP contribution in [-0.4, -0.2) is 16.8 Å². The number of thioether (sulfide) groups is 1. The van der Waals surface area contributed by atoms with Gasteiger partial charge in [0.25, 0.3) is 0 Å². The van der Waals surface area contributed by atoms with Gasteiger partial charge in [-0.05, 0) is 17.1 Å². The van der Waals surface area contributed by atoms with Gasteiger partial charge in [-0.25, -0.2) is 0 Å². The molecule has 2 unspecified atom stereocenters. The van der Waals surface area contributed by atoms with Gasteiger partial charge in [0.2, 0.25) is 0 Å². The molecule has 0 aromatic heterocycles. The minimum Gasteiger partial charge on any atom is -0.481 e. The van der Waals surface area contributed by atoms with Crippen LogP contribution >= 0.6 is 11.8 Å². The first kappa shape index (κ1) is 12.1. The van der Waals surface area contributed by atoms with E-state index in [1.165, 1.54) is 11.8 Å². The molecular formula is C11H15NO2S. The number of aliphatic carboxylic acids is 1. The third kappa shape index (κ3) is 2.35. The highest BCUT2D eigenvalue weighted by molar-refractivity contribution is 8.03. The molecule has 0 heterocycles. The van der Waals surface area contributed by atoms with Gasteiger partial charge < -0.3 is 5.11 Å². The molecule has 0 aliphatic heterocycles. The maximum absolute atomic E-state index is 10.9. The van der Waals surface area contributed by atoms with Crippen molar-refractivity contribution in [2.75, 3.05) is 5.75 Å². The second-order valence-electron chi connectivity index (χ2n) is 4.24. The maximum atomic E-state index is 10.9. The number of carboxylic acid groups (broad SMARTS) is 1. The van der Waals surface area contributed by atoms with Gasteiger partial charge in [-0.15, -0.1) is 11.8 Å². The van der Waals surface area contributed by atoms with Crippen molar-refractivity contribution in [3.63, 3.8) is 0 Å². The summed E-state index contributed by atoms with van der Waals surface area (Å²) in [6.07, 6.45) is 1.81. The Hall–Kier alpha value is -0.950. The molecule has 1 fully saturated rings. The largest absolute Gasteiger partial charge is 0.481 e. The van der Waals surface area contributed by atoms with Gasteiger partial charge in [0.05, 0.1) is 10.8 Å². The Morgan fingerprint density at radius 1 is 1.67 bits per heavy atom. The van der Waals surface area contributed by atoms with Crippen molar-refractivity contribution in [3.05, 3.63) is 11.0 Å². The first-order chi connectivity index (χ1) is 6.95. The smallest absolute Gasteiger partial charge is 0.307 e. The first-order valence-electron chi connectivity index (χ1n) is 4.92. The summed E-state index contributed by atoms with van der Waals surface area (Å²) < 4.78 is 0. The first-order valence-corrected chi connectivity index (χ1v) is 5.91. The summed E-state index contributed by atoms with van der Waals surface area (Å²) in [6, 6.07) is 2.10. The molecule has 0 amide bonds. The van der Waals surface area contributed by atoms with Crippen molar-refractivity contribution >= 4 is 17.7 Å². The van der Waals surface area contributed by atoms with Gasteiger partial charge in [0, 0.05) is 0 Å². The van der Waals surface area contributed by atoms with Crippen molar-refractivity contribution in [2.45, 2.75) is 20.8 Å². The van der Waals surface area contributed by atoms with E-state index in [1.54, 1.807) is 0 Å². The molecule has 3 nitrogen and oxygen atoms in total. The summed E-state index contributed by atoms with van der Waals surface area (Å²) in [5.74, 6) is -0.258. The summed E-state index contributed by atoms with van der Waals surface area (Å²) in [5.41, 5.74) is -0.206. The minimum absolute atomic E-state index is 0.00343. The number of hydrogen-bond acceptors (Lipinski definition) is 3. The van der Waals surface area contributed by atoms with E-state index in [0.29, 0.717) is 4.91 Å². The Morgan fingerprint density at radius 2 is 2.27 bits per heavy atom. The Bertz CT molecular complexity index is 341. The SMILES string of the molecule is CCSC(C#N)=CC1C(C(=O)O)C1(C)C. The molecule has 0 spiro atoms. The van der Waals surface area contributed by atoms with Crippen molar-refractivity contribution in [3.8, 4) is 6.07 Å². The zero-order valence-electron chi connectivity index (χ0n) is 9.15. The maximum Gasteiger partial charge on any atom is 0.307 e. The monoisotopic (exact) mass is 225 g/mol. The van der Waals surface area contributed by atoms with Crippen LogP contribution in [0.4, 0.5) is 0 Å². The van der Waals surface area contributed by atoms with Gasteiger partial charge in [0.15, 0.2) is 0 Å². The lowest BCUT2D eigenvalue weighted by atomic mass is 10.1. The Balaban J connectivity index is 2.76. The van der Waals surface area contributed by atoms with E-state index in [-0.39, 0.29) is 17.3 Å². The normalized spacial score (nSPS) is 28.3. The summed E-state index contributed by atoms with van der Waals surface area (Å²) >= 11 is 1.47. The van der Waals surface area contributed by atoms with Gasteiger partial charge in [-0.2, -0.15) is 5.26 Å². The van der Waals surface area contributed by atoms with Crippen LogP contribution in [0.25, 0.3) is 0 Å². The minimum atomic E-state index is -0.764. The van der Waals surface area contributed by atoms with Gasteiger partial charge in [0.1, 0.15) is 6.07 Å². The fraction of sp³-hybridized carbons (Fsp3) is 0.636. The summed E-state index contributed by atoms with van der Waals surface area (Å²) in [7, 11) is 0. The van der Waals surface area contributed by atoms with Crippen molar-refractivity contribution in [2.24, 2.45) is 17.3 Å². The molecular weight excluding hydrogens is 210 g/mol. The van der Waals surface area contributed by atoms with Gasteiger partial charge in [-0.3, -0.25) is 4.79 Å². The van der Waals surface area contributed by atoms with Crippen molar-refractivity contribution in [1.82, 2.24) is 0 Å². The lowest BCUT2D eigenvalue weighted by Crippen LogP contribution is -2.03. The van der Waals surface area contributed by atoms with Crippen LogP contribution in [0.1, 0.15) is 20.8 Å². The molecule has 0 saturated heterocycles. The van der Waals surface area contributed by atoms with E-state index in [2.05, 4.69) is 6.07 Å².